The largest absolute Gasteiger partial charge is 0.334 e. The van der Waals surface area contributed by atoms with Gasteiger partial charge in [0.1, 0.15) is 0 Å². The molecule has 0 aromatic carbocycles. The maximum atomic E-state index is 13.3. The van der Waals surface area contributed by atoms with Crippen LogP contribution >= 0.6 is 0 Å². The second kappa shape index (κ2) is 7.86. The van der Waals surface area contributed by atoms with E-state index >= 15 is 0 Å². The summed E-state index contributed by atoms with van der Waals surface area (Å²) in [6.07, 6.45) is 11.4. The van der Waals surface area contributed by atoms with Crippen molar-refractivity contribution in [2.24, 2.45) is 17.8 Å². The van der Waals surface area contributed by atoms with E-state index < -0.39 is 0 Å². The number of aromatic nitrogens is 1. The lowest BCUT2D eigenvalue weighted by Crippen LogP contribution is -2.41. The molecule has 4 atom stereocenters. The van der Waals surface area contributed by atoms with E-state index in [1.54, 1.807) is 0 Å². The van der Waals surface area contributed by atoms with Crippen molar-refractivity contribution in [1.82, 2.24) is 15.2 Å². The van der Waals surface area contributed by atoms with Crippen molar-refractivity contribution in [2.45, 2.75) is 64.0 Å². The summed E-state index contributed by atoms with van der Waals surface area (Å²) in [7, 11) is 0. The van der Waals surface area contributed by atoms with Crippen LogP contribution in [0.4, 0.5) is 0 Å². The third kappa shape index (κ3) is 4.05. The molecule has 2 aliphatic carbocycles. The van der Waals surface area contributed by atoms with E-state index in [0.717, 1.165) is 56.3 Å². The highest BCUT2D eigenvalue weighted by Gasteiger charge is 2.41. The number of pyridine rings is 1. The van der Waals surface area contributed by atoms with Gasteiger partial charge in [0.15, 0.2) is 0 Å². The molecule has 1 N–H and O–H groups in total. The van der Waals surface area contributed by atoms with Gasteiger partial charge in [-0.3, -0.25) is 9.78 Å². The third-order valence-electron chi connectivity index (χ3n) is 6.69. The summed E-state index contributed by atoms with van der Waals surface area (Å²) in [6.45, 7) is 2.77. The summed E-state index contributed by atoms with van der Waals surface area (Å²) >= 11 is 0. The Labute approximate surface area is 151 Å². The molecular weight excluding hydrogens is 310 g/mol. The summed E-state index contributed by atoms with van der Waals surface area (Å²) in [5, 5.41) is 3.48. The summed E-state index contributed by atoms with van der Waals surface area (Å²) in [6, 6.07) is 6.38. The normalized spacial score (nSPS) is 31.7. The number of hydrogen-bond donors (Lipinski definition) is 1. The molecule has 4 nitrogen and oxygen atoms in total. The fourth-order valence-corrected chi connectivity index (χ4v) is 5.37. The number of fused-ring (bicyclic) bond motifs is 2. The van der Waals surface area contributed by atoms with Gasteiger partial charge in [-0.05, 0) is 81.5 Å². The van der Waals surface area contributed by atoms with Crippen molar-refractivity contribution in [2.75, 3.05) is 13.1 Å². The van der Waals surface area contributed by atoms with Crippen LogP contribution < -0.4 is 5.32 Å². The predicted octanol–water partition coefficient (Wildman–Crippen LogP) is 3.38. The van der Waals surface area contributed by atoms with Crippen LogP contribution in [0.25, 0.3) is 0 Å². The van der Waals surface area contributed by atoms with E-state index in [4.69, 9.17) is 0 Å². The minimum absolute atomic E-state index is 0.364. The Bertz CT molecular complexity index is 568. The zero-order valence-electron chi connectivity index (χ0n) is 15.2. The molecule has 4 unspecified atom stereocenters. The Morgan fingerprint density at radius 1 is 1.16 bits per heavy atom. The standard InChI is InChI=1S/C21H31N3O/c25-21(14-18-13-16-6-7-17(18)12-16)24(15-19-4-1-2-10-23-19)20-5-3-9-22-11-8-20/h1-2,4,10,16-18,20,22H,3,5-9,11-15H2. The van der Waals surface area contributed by atoms with Crippen molar-refractivity contribution in [3.8, 4) is 0 Å². The van der Waals surface area contributed by atoms with Gasteiger partial charge in [0, 0.05) is 18.7 Å². The molecule has 136 valence electrons. The van der Waals surface area contributed by atoms with Crippen molar-refractivity contribution < 1.29 is 4.79 Å². The van der Waals surface area contributed by atoms with E-state index in [-0.39, 0.29) is 0 Å². The van der Waals surface area contributed by atoms with E-state index in [1.165, 1.54) is 25.7 Å². The van der Waals surface area contributed by atoms with Gasteiger partial charge >= 0.3 is 0 Å². The van der Waals surface area contributed by atoms with Gasteiger partial charge in [-0.15, -0.1) is 0 Å². The average Bonchev–Trinajstić information content (AvgIpc) is 3.14. The van der Waals surface area contributed by atoms with Crippen molar-refractivity contribution in [1.29, 1.82) is 0 Å². The van der Waals surface area contributed by atoms with Crippen LogP contribution in [0.1, 0.15) is 57.1 Å². The quantitative estimate of drug-likeness (QED) is 0.893. The number of hydrogen-bond acceptors (Lipinski definition) is 3. The number of carbonyl (C=O) groups excluding carboxylic acids is 1. The Morgan fingerprint density at radius 3 is 2.88 bits per heavy atom. The molecular formula is C21H31N3O. The predicted molar refractivity (Wildman–Crippen MR) is 98.9 cm³/mol. The molecule has 2 bridgehead atoms. The number of amides is 1. The minimum Gasteiger partial charge on any atom is -0.334 e. The Kier molecular flexibility index (Phi) is 5.35. The first kappa shape index (κ1) is 17.0. The lowest BCUT2D eigenvalue weighted by atomic mass is 9.86. The molecule has 1 aromatic rings. The second-order valence-corrected chi connectivity index (χ2v) is 8.32. The summed E-state index contributed by atoms with van der Waals surface area (Å²) < 4.78 is 0. The highest BCUT2D eigenvalue weighted by Crippen LogP contribution is 2.49. The molecule has 1 aromatic heterocycles. The highest BCUT2D eigenvalue weighted by molar-refractivity contribution is 5.77. The SMILES string of the molecule is O=C(CC1CC2CCC1C2)N(Cc1ccccn1)C1CCCNCC1. The van der Waals surface area contributed by atoms with Gasteiger partial charge in [-0.25, -0.2) is 0 Å². The fourth-order valence-electron chi connectivity index (χ4n) is 5.37. The molecule has 25 heavy (non-hydrogen) atoms. The van der Waals surface area contributed by atoms with Crippen LogP contribution in [0, 0.1) is 17.8 Å². The first-order valence-corrected chi connectivity index (χ1v) is 10.2. The maximum Gasteiger partial charge on any atom is 0.223 e. The van der Waals surface area contributed by atoms with Crippen molar-refractivity contribution in [3.05, 3.63) is 30.1 Å². The van der Waals surface area contributed by atoms with E-state index in [9.17, 15) is 4.79 Å². The minimum atomic E-state index is 0.364. The highest BCUT2D eigenvalue weighted by atomic mass is 16.2. The van der Waals surface area contributed by atoms with Crippen molar-refractivity contribution >= 4 is 5.91 Å². The van der Waals surface area contributed by atoms with Gasteiger partial charge < -0.3 is 10.2 Å². The number of rotatable bonds is 5. The molecule has 0 radical (unpaired) electrons. The molecule has 3 aliphatic rings. The molecule has 4 rings (SSSR count). The summed E-state index contributed by atoms with van der Waals surface area (Å²) in [5.74, 6) is 2.74. The molecule has 3 fully saturated rings. The van der Waals surface area contributed by atoms with E-state index in [0.29, 0.717) is 24.4 Å². The topological polar surface area (TPSA) is 45.2 Å². The first-order valence-electron chi connectivity index (χ1n) is 10.2. The van der Waals surface area contributed by atoms with Crippen LogP contribution in [0.15, 0.2) is 24.4 Å². The number of nitrogens with one attached hydrogen (secondary N) is 1. The smallest absolute Gasteiger partial charge is 0.223 e. The van der Waals surface area contributed by atoms with Crippen LogP contribution in [0.3, 0.4) is 0 Å². The van der Waals surface area contributed by atoms with Gasteiger partial charge in [0.25, 0.3) is 0 Å². The third-order valence-corrected chi connectivity index (χ3v) is 6.69. The van der Waals surface area contributed by atoms with Gasteiger partial charge in [-0.1, -0.05) is 12.5 Å². The molecule has 1 aliphatic heterocycles. The maximum absolute atomic E-state index is 13.3. The van der Waals surface area contributed by atoms with Crippen LogP contribution in [-0.4, -0.2) is 34.9 Å². The molecule has 2 saturated carbocycles. The van der Waals surface area contributed by atoms with Gasteiger partial charge in [-0.2, -0.15) is 0 Å². The average molecular weight is 341 g/mol. The molecule has 0 spiro atoms. The molecule has 4 heteroatoms. The zero-order chi connectivity index (χ0) is 17.1. The Hall–Kier alpha value is -1.42. The first-order chi connectivity index (χ1) is 12.3. The molecule has 1 amide bonds. The second-order valence-electron chi connectivity index (χ2n) is 8.32. The van der Waals surface area contributed by atoms with Crippen molar-refractivity contribution in [3.63, 3.8) is 0 Å². The zero-order valence-corrected chi connectivity index (χ0v) is 15.2. The van der Waals surface area contributed by atoms with E-state index in [1.807, 2.05) is 24.4 Å². The van der Waals surface area contributed by atoms with Crippen LogP contribution in [-0.2, 0) is 11.3 Å². The Morgan fingerprint density at radius 2 is 2.12 bits per heavy atom. The number of nitrogens with zero attached hydrogens (tertiary/aromatic N) is 2. The molecule has 2 heterocycles. The Balaban J connectivity index is 1.46. The monoisotopic (exact) mass is 341 g/mol. The fraction of sp³-hybridized carbons (Fsp3) is 0.714. The summed E-state index contributed by atoms with van der Waals surface area (Å²) in [4.78, 5) is 19.9. The number of carbonyl (C=O) groups is 1. The van der Waals surface area contributed by atoms with Crippen LogP contribution in [0.5, 0.6) is 0 Å². The molecule has 1 saturated heterocycles. The van der Waals surface area contributed by atoms with Crippen LogP contribution in [0.2, 0.25) is 0 Å². The van der Waals surface area contributed by atoms with Gasteiger partial charge in [0.2, 0.25) is 5.91 Å². The van der Waals surface area contributed by atoms with Gasteiger partial charge in [0.05, 0.1) is 12.2 Å². The van der Waals surface area contributed by atoms with E-state index in [2.05, 4.69) is 15.2 Å². The lowest BCUT2D eigenvalue weighted by molar-refractivity contribution is -0.136. The summed E-state index contributed by atoms with van der Waals surface area (Å²) in [5.41, 5.74) is 1.01. The lowest BCUT2D eigenvalue weighted by Gasteiger charge is -2.33.